The molecule has 7 heteroatoms. The maximum atomic E-state index is 12.4. The van der Waals surface area contributed by atoms with Gasteiger partial charge in [0.15, 0.2) is 11.5 Å². The zero-order chi connectivity index (χ0) is 23.1. The van der Waals surface area contributed by atoms with E-state index in [1.165, 1.54) is 13.2 Å². The van der Waals surface area contributed by atoms with Gasteiger partial charge in [-0.15, -0.1) is 0 Å². The Bertz CT molecular complexity index is 1160. The van der Waals surface area contributed by atoms with Crippen LogP contribution in [0, 0.1) is 6.92 Å². The standard InChI is InChI=1S/C25H22BrNO5/c1-16-8-6-7-11-19(16)15-32-23-20(26)12-17(14-22(23)31-2)13-21(25(29)30)27-24(28)18-9-4-3-5-10-18/h3-14H,15H2,1-2H3,(H,27,28)(H,29,30)/b21-13+. The van der Waals surface area contributed by atoms with E-state index < -0.39 is 11.9 Å². The Morgan fingerprint density at radius 1 is 1.06 bits per heavy atom. The van der Waals surface area contributed by atoms with Crippen molar-refractivity contribution in [2.45, 2.75) is 13.5 Å². The average molecular weight is 496 g/mol. The van der Waals surface area contributed by atoms with E-state index in [1.54, 1.807) is 42.5 Å². The molecule has 0 heterocycles. The van der Waals surface area contributed by atoms with E-state index in [0.717, 1.165) is 11.1 Å². The highest BCUT2D eigenvalue weighted by molar-refractivity contribution is 9.10. The normalized spacial score (nSPS) is 11.0. The molecule has 3 aromatic carbocycles. The molecule has 0 aliphatic rings. The van der Waals surface area contributed by atoms with Gasteiger partial charge in [-0.05, 0) is 69.9 Å². The van der Waals surface area contributed by atoms with Crippen LogP contribution in [0.25, 0.3) is 6.08 Å². The van der Waals surface area contributed by atoms with Gasteiger partial charge < -0.3 is 19.9 Å². The number of carboxylic acids is 1. The number of nitrogens with one attached hydrogen (secondary N) is 1. The number of hydrogen-bond donors (Lipinski definition) is 2. The van der Waals surface area contributed by atoms with Gasteiger partial charge in [0, 0.05) is 5.56 Å². The number of carbonyl (C=O) groups excluding carboxylic acids is 1. The number of ether oxygens (including phenoxy) is 2. The van der Waals surface area contributed by atoms with Gasteiger partial charge in [-0.25, -0.2) is 4.79 Å². The summed E-state index contributed by atoms with van der Waals surface area (Å²) in [7, 11) is 1.51. The minimum atomic E-state index is -1.26. The van der Waals surface area contributed by atoms with Gasteiger partial charge >= 0.3 is 5.97 Å². The summed E-state index contributed by atoms with van der Waals surface area (Å²) in [6, 6.07) is 19.7. The summed E-state index contributed by atoms with van der Waals surface area (Å²) >= 11 is 3.48. The molecule has 0 aliphatic heterocycles. The van der Waals surface area contributed by atoms with Crippen LogP contribution < -0.4 is 14.8 Å². The summed E-state index contributed by atoms with van der Waals surface area (Å²) in [5.41, 5.74) is 2.77. The summed E-state index contributed by atoms with van der Waals surface area (Å²) < 4.78 is 12.0. The molecule has 1 amide bonds. The van der Waals surface area contributed by atoms with Crippen molar-refractivity contribution in [3.8, 4) is 11.5 Å². The number of carbonyl (C=O) groups is 2. The number of aryl methyl sites for hydroxylation is 1. The Kier molecular flexibility index (Phi) is 7.68. The van der Waals surface area contributed by atoms with Crippen molar-refractivity contribution in [2.75, 3.05) is 7.11 Å². The summed E-state index contributed by atoms with van der Waals surface area (Å²) in [6.07, 6.45) is 1.36. The van der Waals surface area contributed by atoms with Gasteiger partial charge in [0.05, 0.1) is 11.6 Å². The zero-order valence-corrected chi connectivity index (χ0v) is 19.2. The molecule has 164 valence electrons. The Morgan fingerprint density at radius 3 is 2.41 bits per heavy atom. The van der Waals surface area contributed by atoms with Crippen molar-refractivity contribution in [3.05, 3.63) is 99.2 Å². The van der Waals surface area contributed by atoms with Crippen molar-refractivity contribution in [2.24, 2.45) is 0 Å². The smallest absolute Gasteiger partial charge is 0.352 e. The molecule has 0 spiro atoms. The molecule has 2 N–H and O–H groups in total. The van der Waals surface area contributed by atoms with Crippen molar-refractivity contribution in [1.82, 2.24) is 5.32 Å². The molecule has 6 nitrogen and oxygen atoms in total. The Balaban J connectivity index is 1.85. The highest BCUT2D eigenvalue weighted by Crippen LogP contribution is 2.38. The lowest BCUT2D eigenvalue weighted by atomic mass is 10.1. The Hall–Kier alpha value is -3.58. The van der Waals surface area contributed by atoms with Gasteiger partial charge in [0.25, 0.3) is 5.91 Å². The number of carboxylic acid groups (broad SMARTS) is 1. The topological polar surface area (TPSA) is 84.9 Å². The van der Waals surface area contributed by atoms with Crippen LogP contribution in [0.3, 0.4) is 0 Å². The van der Waals surface area contributed by atoms with E-state index >= 15 is 0 Å². The van der Waals surface area contributed by atoms with Crippen LogP contribution in [0.2, 0.25) is 0 Å². The van der Waals surface area contributed by atoms with E-state index in [4.69, 9.17) is 9.47 Å². The SMILES string of the molecule is COc1cc(/C=C(/NC(=O)c2ccccc2)C(=O)O)cc(Br)c1OCc1ccccc1C. The van der Waals surface area contributed by atoms with Crippen LogP contribution in [0.5, 0.6) is 11.5 Å². The largest absolute Gasteiger partial charge is 0.493 e. The minimum absolute atomic E-state index is 0.263. The lowest BCUT2D eigenvalue weighted by Crippen LogP contribution is -2.27. The fraction of sp³-hybridized carbons (Fsp3) is 0.120. The molecule has 32 heavy (non-hydrogen) atoms. The second-order valence-electron chi connectivity index (χ2n) is 6.93. The van der Waals surface area contributed by atoms with Crippen LogP contribution >= 0.6 is 15.9 Å². The summed E-state index contributed by atoms with van der Waals surface area (Å²) in [6.45, 7) is 2.36. The number of halogens is 1. The highest BCUT2D eigenvalue weighted by Gasteiger charge is 2.16. The first-order valence-electron chi connectivity index (χ1n) is 9.75. The van der Waals surface area contributed by atoms with Crippen LogP contribution in [-0.2, 0) is 11.4 Å². The Morgan fingerprint density at radius 2 is 1.75 bits per heavy atom. The Labute approximate surface area is 194 Å². The predicted octanol–water partition coefficient (Wildman–Crippen LogP) is 5.20. The molecular formula is C25H22BrNO5. The molecule has 0 saturated heterocycles. The summed E-state index contributed by atoms with van der Waals surface area (Å²) in [4.78, 5) is 24.1. The third-order valence-corrected chi connectivity index (χ3v) is 5.30. The first kappa shape index (κ1) is 23.1. The van der Waals surface area contributed by atoms with Crippen molar-refractivity contribution < 1.29 is 24.2 Å². The molecule has 0 aliphatic carbocycles. The van der Waals surface area contributed by atoms with Gasteiger partial charge in [-0.2, -0.15) is 0 Å². The van der Waals surface area contributed by atoms with E-state index in [-0.39, 0.29) is 5.70 Å². The van der Waals surface area contributed by atoms with Crippen LogP contribution in [0.1, 0.15) is 27.0 Å². The van der Waals surface area contributed by atoms with E-state index in [2.05, 4.69) is 21.2 Å². The molecule has 3 rings (SSSR count). The van der Waals surface area contributed by atoms with Gasteiger partial charge in [-0.1, -0.05) is 42.5 Å². The molecule has 0 atom stereocenters. The van der Waals surface area contributed by atoms with Crippen molar-refractivity contribution in [3.63, 3.8) is 0 Å². The predicted molar refractivity (Wildman–Crippen MR) is 126 cm³/mol. The lowest BCUT2D eigenvalue weighted by molar-refractivity contribution is -0.132. The summed E-state index contributed by atoms with van der Waals surface area (Å²) in [5.74, 6) is -0.843. The molecule has 0 aromatic heterocycles. The molecule has 0 radical (unpaired) electrons. The molecule has 0 unspecified atom stereocenters. The fourth-order valence-corrected chi connectivity index (χ4v) is 3.56. The van der Waals surface area contributed by atoms with Gasteiger partial charge in [0.2, 0.25) is 0 Å². The first-order valence-corrected chi connectivity index (χ1v) is 10.5. The van der Waals surface area contributed by atoms with E-state index in [0.29, 0.717) is 33.7 Å². The molecule has 3 aromatic rings. The molecule has 0 saturated carbocycles. The van der Waals surface area contributed by atoms with E-state index in [1.807, 2.05) is 31.2 Å². The number of hydrogen-bond acceptors (Lipinski definition) is 4. The molecular weight excluding hydrogens is 474 g/mol. The lowest BCUT2D eigenvalue weighted by Gasteiger charge is -2.15. The van der Waals surface area contributed by atoms with Gasteiger partial charge in [0.1, 0.15) is 12.3 Å². The average Bonchev–Trinajstić information content (AvgIpc) is 2.79. The van der Waals surface area contributed by atoms with Crippen LogP contribution in [0.4, 0.5) is 0 Å². The fourth-order valence-electron chi connectivity index (χ4n) is 2.99. The minimum Gasteiger partial charge on any atom is -0.493 e. The number of aliphatic carboxylic acids is 1. The van der Waals surface area contributed by atoms with Crippen LogP contribution in [0.15, 0.2) is 76.9 Å². The zero-order valence-electron chi connectivity index (χ0n) is 17.6. The second kappa shape index (κ2) is 10.6. The van der Waals surface area contributed by atoms with Crippen molar-refractivity contribution in [1.29, 1.82) is 0 Å². The number of methoxy groups -OCH3 is 1. The molecule has 0 bridgehead atoms. The van der Waals surface area contributed by atoms with E-state index in [9.17, 15) is 14.7 Å². The number of rotatable bonds is 8. The van der Waals surface area contributed by atoms with Crippen LogP contribution in [-0.4, -0.2) is 24.1 Å². The maximum absolute atomic E-state index is 12.4. The first-order chi connectivity index (χ1) is 15.4. The molecule has 0 fully saturated rings. The third-order valence-electron chi connectivity index (χ3n) is 4.71. The van der Waals surface area contributed by atoms with Crippen molar-refractivity contribution >= 4 is 33.9 Å². The summed E-state index contributed by atoms with van der Waals surface area (Å²) in [5, 5.41) is 12.0. The number of benzene rings is 3. The quantitative estimate of drug-likeness (QED) is 0.419. The second-order valence-corrected chi connectivity index (χ2v) is 7.79. The maximum Gasteiger partial charge on any atom is 0.352 e. The van der Waals surface area contributed by atoms with Gasteiger partial charge in [-0.3, -0.25) is 4.79 Å². The number of amides is 1. The monoisotopic (exact) mass is 495 g/mol. The highest BCUT2D eigenvalue weighted by atomic mass is 79.9. The third kappa shape index (κ3) is 5.76.